The van der Waals surface area contributed by atoms with Crippen LogP contribution in [0.3, 0.4) is 0 Å². The molecule has 0 bridgehead atoms. The van der Waals surface area contributed by atoms with Crippen molar-refractivity contribution in [2.75, 3.05) is 12.8 Å². The van der Waals surface area contributed by atoms with Gasteiger partial charge in [0, 0.05) is 6.54 Å². The second-order valence-corrected chi connectivity index (χ2v) is 3.43. The fourth-order valence-electron chi connectivity index (χ4n) is 1.03. The van der Waals surface area contributed by atoms with Gasteiger partial charge in [-0.3, -0.25) is 4.79 Å². The Hall–Kier alpha value is -0.960. The zero-order valence-corrected chi connectivity index (χ0v) is 8.43. The average Bonchev–Trinajstić information content (AvgIpc) is 2.19. The molecule has 1 rings (SSSR count). The average molecular weight is 195 g/mol. The van der Waals surface area contributed by atoms with Gasteiger partial charge in [-0.15, -0.1) is 0 Å². The summed E-state index contributed by atoms with van der Waals surface area (Å²) in [6.07, 6.45) is 2.67. The number of rotatable bonds is 3. The molecule has 0 radical (unpaired) electrons. The molecule has 1 amide bonds. The number of amides is 1. The van der Waals surface area contributed by atoms with Crippen molar-refractivity contribution in [3.05, 3.63) is 35.9 Å². The maximum atomic E-state index is 10.9. The third kappa shape index (κ3) is 3.99. The van der Waals surface area contributed by atoms with Crippen molar-refractivity contribution in [3.63, 3.8) is 0 Å². The monoisotopic (exact) mass is 195 g/mol. The van der Waals surface area contributed by atoms with Gasteiger partial charge in [0.1, 0.15) is 0 Å². The highest BCUT2D eigenvalue weighted by atomic mass is 32.2. The Morgan fingerprint density at radius 2 is 2.08 bits per heavy atom. The van der Waals surface area contributed by atoms with Crippen LogP contribution in [0.25, 0.3) is 0 Å². The summed E-state index contributed by atoms with van der Waals surface area (Å²) in [5, 5.41) is 2.84. The van der Waals surface area contributed by atoms with E-state index >= 15 is 0 Å². The molecule has 0 spiro atoms. The number of hydrogen-bond acceptors (Lipinski definition) is 2. The summed E-state index contributed by atoms with van der Waals surface area (Å²) in [5.41, 5.74) is 1.25. The van der Waals surface area contributed by atoms with Gasteiger partial charge in [0.15, 0.2) is 0 Å². The molecule has 3 heteroatoms. The van der Waals surface area contributed by atoms with E-state index in [0.29, 0.717) is 6.54 Å². The molecule has 70 valence electrons. The molecule has 0 atom stereocenters. The SMILES string of the molecule is CSC(=O)NCCc1ccccc1. The van der Waals surface area contributed by atoms with Crippen molar-refractivity contribution in [2.45, 2.75) is 6.42 Å². The zero-order valence-electron chi connectivity index (χ0n) is 7.62. The second-order valence-electron chi connectivity index (χ2n) is 2.65. The lowest BCUT2D eigenvalue weighted by atomic mass is 10.2. The third-order valence-electron chi connectivity index (χ3n) is 1.71. The maximum Gasteiger partial charge on any atom is 0.278 e. The highest BCUT2D eigenvalue weighted by molar-refractivity contribution is 8.12. The lowest BCUT2D eigenvalue weighted by Crippen LogP contribution is -2.20. The van der Waals surface area contributed by atoms with Crippen LogP contribution in [0.15, 0.2) is 30.3 Å². The Morgan fingerprint density at radius 1 is 1.38 bits per heavy atom. The van der Waals surface area contributed by atoms with E-state index in [9.17, 15) is 4.79 Å². The largest absolute Gasteiger partial charge is 0.347 e. The van der Waals surface area contributed by atoms with Crippen molar-refractivity contribution in [2.24, 2.45) is 0 Å². The molecule has 0 aliphatic rings. The summed E-state index contributed by atoms with van der Waals surface area (Å²) in [6, 6.07) is 10.1. The number of carbonyl (C=O) groups excluding carboxylic acids is 1. The Morgan fingerprint density at radius 3 is 2.69 bits per heavy atom. The fraction of sp³-hybridized carbons (Fsp3) is 0.300. The molecule has 1 N–H and O–H groups in total. The van der Waals surface area contributed by atoms with E-state index in [1.165, 1.54) is 17.3 Å². The summed E-state index contributed by atoms with van der Waals surface area (Å²) in [4.78, 5) is 10.9. The van der Waals surface area contributed by atoms with E-state index < -0.39 is 0 Å². The van der Waals surface area contributed by atoms with E-state index in [2.05, 4.69) is 17.4 Å². The van der Waals surface area contributed by atoms with Gasteiger partial charge < -0.3 is 5.32 Å². The molecule has 0 saturated heterocycles. The molecular weight excluding hydrogens is 182 g/mol. The van der Waals surface area contributed by atoms with Gasteiger partial charge in [0.05, 0.1) is 0 Å². The number of carbonyl (C=O) groups is 1. The maximum absolute atomic E-state index is 10.9. The standard InChI is InChI=1S/C10H13NOS/c1-13-10(12)11-8-7-9-5-3-2-4-6-9/h2-6H,7-8H2,1H3,(H,11,12). The van der Waals surface area contributed by atoms with Gasteiger partial charge in [-0.2, -0.15) is 0 Å². The van der Waals surface area contributed by atoms with E-state index in [1.807, 2.05) is 18.2 Å². The predicted octanol–water partition coefficient (Wildman–Crippen LogP) is 2.30. The quantitative estimate of drug-likeness (QED) is 0.801. The molecule has 0 aliphatic heterocycles. The normalized spacial score (nSPS) is 9.62. The summed E-state index contributed by atoms with van der Waals surface area (Å²) in [7, 11) is 0. The molecule has 0 aliphatic carbocycles. The lowest BCUT2D eigenvalue weighted by molar-refractivity contribution is 0.261. The Labute approximate surface area is 82.7 Å². The van der Waals surface area contributed by atoms with Crippen LogP contribution >= 0.6 is 11.8 Å². The molecule has 2 nitrogen and oxygen atoms in total. The number of benzene rings is 1. The van der Waals surface area contributed by atoms with Crippen molar-refractivity contribution in [1.29, 1.82) is 0 Å². The van der Waals surface area contributed by atoms with Gasteiger partial charge in [-0.1, -0.05) is 42.1 Å². The van der Waals surface area contributed by atoms with Gasteiger partial charge in [-0.05, 0) is 18.2 Å². The lowest BCUT2D eigenvalue weighted by Gasteiger charge is -2.02. The van der Waals surface area contributed by atoms with E-state index in [-0.39, 0.29) is 5.24 Å². The minimum absolute atomic E-state index is 0.0379. The molecule has 0 unspecified atom stereocenters. The smallest absolute Gasteiger partial charge is 0.278 e. The van der Waals surface area contributed by atoms with Crippen LogP contribution in [0.5, 0.6) is 0 Å². The Bertz CT molecular complexity index is 261. The number of hydrogen-bond donors (Lipinski definition) is 1. The molecule has 1 aromatic rings. The van der Waals surface area contributed by atoms with E-state index in [4.69, 9.17) is 0 Å². The molecule has 0 fully saturated rings. The van der Waals surface area contributed by atoms with Crippen molar-refractivity contribution >= 4 is 17.0 Å². The number of nitrogens with one attached hydrogen (secondary N) is 1. The predicted molar refractivity (Wildman–Crippen MR) is 57.1 cm³/mol. The second kappa shape index (κ2) is 5.65. The van der Waals surface area contributed by atoms with Crippen LogP contribution < -0.4 is 5.32 Å². The topological polar surface area (TPSA) is 29.1 Å². The van der Waals surface area contributed by atoms with E-state index in [0.717, 1.165) is 6.42 Å². The number of thioether (sulfide) groups is 1. The third-order valence-corrected chi connectivity index (χ3v) is 2.23. The van der Waals surface area contributed by atoms with Gasteiger partial charge in [-0.25, -0.2) is 0 Å². The minimum Gasteiger partial charge on any atom is -0.347 e. The first-order valence-electron chi connectivity index (χ1n) is 4.18. The van der Waals surface area contributed by atoms with Crippen LogP contribution in [-0.4, -0.2) is 18.0 Å². The highest BCUT2D eigenvalue weighted by Gasteiger charge is 1.96. The van der Waals surface area contributed by atoms with E-state index in [1.54, 1.807) is 6.26 Å². The first-order chi connectivity index (χ1) is 6.33. The van der Waals surface area contributed by atoms with Crippen LogP contribution in [-0.2, 0) is 6.42 Å². The first-order valence-corrected chi connectivity index (χ1v) is 5.41. The van der Waals surface area contributed by atoms with Crippen LogP contribution in [0.2, 0.25) is 0 Å². The first kappa shape index (κ1) is 10.1. The molecule has 0 saturated carbocycles. The van der Waals surface area contributed by atoms with Crippen LogP contribution in [0, 0.1) is 0 Å². The van der Waals surface area contributed by atoms with Crippen molar-refractivity contribution < 1.29 is 4.79 Å². The van der Waals surface area contributed by atoms with Gasteiger partial charge >= 0.3 is 0 Å². The fourth-order valence-corrected chi connectivity index (χ4v) is 1.27. The highest BCUT2D eigenvalue weighted by Crippen LogP contribution is 1.99. The molecule has 0 aromatic heterocycles. The zero-order chi connectivity index (χ0) is 9.52. The molecule has 0 heterocycles. The minimum atomic E-state index is 0.0379. The summed E-state index contributed by atoms with van der Waals surface area (Å²) in [5.74, 6) is 0. The van der Waals surface area contributed by atoms with Crippen molar-refractivity contribution in [1.82, 2.24) is 5.32 Å². The molecular formula is C10H13NOS. The summed E-state index contributed by atoms with van der Waals surface area (Å²) >= 11 is 1.21. The van der Waals surface area contributed by atoms with Gasteiger partial charge in [0.25, 0.3) is 5.24 Å². The Kier molecular flexibility index (Phi) is 4.40. The summed E-state index contributed by atoms with van der Waals surface area (Å²) in [6.45, 7) is 0.712. The van der Waals surface area contributed by atoms with Crippen LogP contribution in [0.1, 0.15) is 5.56 Å². The van der Waals surface area contributed by atoms with Gasteiger partial charge in [0.2, 0.25) is 0 Å². The Balaban J connectivity index is 2.24. The summed E-state index contributed by atoms with van der Waals surface area (Å²) < 4.78 is 0. The van der Waals surface area contributed by atoms with Crippen LogP contribution in [0.4, 0.5) is 4.79 Å². The van der Waals surface area contributed by atoms with Crippen molar-refractivity contribution in [3.8, 4) is 0 Å². The molecule has 13 heavy (non-hydrogen) atoms. The molecule has 1 aromatic carbocycles.